The monoisotopic (exact) mass is 240 g/mol. The SMILES string of the molecule is CCCN(C(=O)C1(CC)CCCNC1)C(C)C. The molecule has 1 atom stereocenters. The van der Waals surface area contributed by atoms with Crippen molar-refractivity contribution >= 4 is 5.91 Å². The second-order valence-corrected chi connectivity index (χ2v) is 5.51. The van der Waals surface area contributed by atoms with Crippen LogP contribution in [-0.4, -0.2) is 36.5 Å². The maximum atomic E-state index is 12.8. The summed E-state index contributed by atoms with van der Waals surface area (Å²) < 4.78 is 0. The van der Waals surface area contributed by atoms with E-state index in [9.17, 15) is 4.79 Å². The Morgan fingerprint density at radius 1 is 1.41 bits per heavy atom. The molecule has 1 saturated heterocycles. The number of amides is 1. The third kappa shape index (κ3) is 3.21. The number of hydrogen-bond acceptors (Lipinski definition) is 2. The Labute approximate surface area is 106 Å². The quantitative estimate of drug-likeness (QED) is 0.800. The maximum absolute atomic E-state index is 12.8. The molecular formula is C14H28N2O. The Kier molecular flexibility index (Phi) is 5.44. The van der Waals surface area contributed by atoms with Crippen molar-refractivity contribution in [1.29, 1.82) is 0 Å². The van der Waals surface area contributed by atoms with Crippen molar-refractivity contribution < 1.29 is 4.79 Å². The Bertz CT molecular complexity index is 245. The first-order valence-electron chi connectivity index (χ1n) is 7.09. The van der Waals surface area contributed by atoms with Crippen molar-refractivity contribution in [2.45, 2.75) is 59.4 Å². The van der Waals surface area contributed by atoms with E-state index in [0.29, 0.717) is 11.9 Å². The van der Waals surface area contributed by atoms with Crippen molar-refractivity contribution in [3.8, 4) is 0 Å². The molecule has 100 valence electrons. The zero-order valence-corrected chi connectivity index (χ0v) is 11.9. The Balaban J connectivity index is 2.81. The average molecular weight is 240 g/mol. The predicted molar refractivity (Wildman–Crippen MR) is 72.0 cm³/mol. The average Bonchev–Trinajstić information content (AvgIpc) is 2.35. The molecule has 0 aromatic carbocycles. The van der Waals surface area contributed by atoms with Crippen molar-refractivity contribution in [3.63, 3.8) is 0 Å². The zero-order valence-electron chi connectivity index (χ0n) is 11.9. The molecule has 1 fully saturated rings. The summed E-state index contributed by atoms with van der Waals surface area (Å²) in [4.78, 5) is 14.8. The number of rotatable bonds is 5. The molecule has 0 aromatic heterocycles. The molecule has 1 unspecified atom stereocenters. The van der Waals surface area contributed by atoms with Gasteiger partial charge in [0, 0.05) is 19.1 Å². The van der Waals surface area contributed by atoms with E-state index < -0.39 is 0 Å². The molecule has 0 aliphatic carbocycles. The number of hydrogen-bond donors (Lipinski definition) is 1. The van der Waals surface area contributed by atoms with Gasteiger partial charge in [0.2, 0.25) is 5.91 Å². The van der Waals surface area contributed by atoms with E-state index in [1.54, 1.807) is 0 Å². The van der Waals surface area contributed by atoms with Crippen LogP contribution in [-0.2, 0) is 4.79 Å². The predicted octanol–water partition coefficient (Wildman–Crippen LogP) is 2.41. The maximum Gasteiger partial charge on any atom is 0.230 e. The molecule has 0 bridgehead atoms. The Morgan fingerprint density at radius 3 is 2.53 bits per heavy atom. The molecule has 0 spiro atoms. The molecule has 1 N–H and O–H groups in total. The van der Waals surface area contributed by atoms with Crippen LogP contribution in [0.25, 0.3) is 0 Å². The molecule has 1 amide bonds. The summed E-state index contributed by atoms with van der Waals surface area (Å²) in [5.74, 6) is 0.365. The summed E-state index contributed by atoms with van der Waals surface area (Å²) in [5.41, 5.74) is -0.141. The molecule has 3 nitrogen and oxygen atoms in total. The first-order valence-corrected chi connectivity index (χ1v) is 7.09. The summed E-state index contributed by atoms with van der Waals surface area (Å²) in [5, 5.41) is 3.40. The van der Waals surface area contributed by atoms with Gasteiger partial charge in [-0.05, 0) is 46.1 Å². The number of carbonyl (C=O) groups excluding carboxylic acids is 1. The van der Waals surface area contributed by atoms with E-state index in [0.717, 1.165) is 45.3 Å². The molecule has 0 aromatic rings. The third-order valence-electron chi connectivity index (χ3n) is 3.95. The van der Waals surface area contributed by atoms with Gasteiger partial charge in [-0.2, -0.15) is 0 Å². The molecule has 17 heavy (non-hydrogen) atoms. The summed E-state index contributed by atoms with van der Waals surface area (Å²) in [6, 6.07) is 0.313. The number of carbonyl (C=O) groups is 1. The van der Waals surface area contributed by atoms with Crippen LogP contribution in [0.2, 0.25) is 0 Å². The lowest BCUT2D eigenvalue weighted by molar-refractivity contribution is -0.145. The third-order valence-corrected chi connectivity index (χ3v) is 3.95. The first kappa shape index (κ1) is 14.5. The lowest BCUT2D eigenvalue weighted by Gasteiger charge is -2.41. The molecule has 1 rings (SSSR count). The fraction of sp³-hybridized carbons (Fsp3) is 0.929. The minimum absolute atomic E-state index is 0.141. The molecular weight excluding hydrogens is 212 g/mol. The molecule has 3 heteroatoms. The number of nitrogens with one attached hydrogen (secondary N) is 1. The van der Waals surface area contributed by atoms with Crippen LogP contribution in [0.4, 0.5) is 0 Å². The lowest BCUT2D eigenvalue weighted by atomic mass is 9.76. The Hall–Kier alpha value is -0.570. The lowest BCUT2D eigenvalue weighted by Crippen LogP contribution is -2.53. The van der Waals surface area contributed by atoms with Crippen molar-refractivity contribution in [3.05, 3.63) is 0 Å². The molecule has 1 aliphatic rings. The van der Waals surface area contributed by atoms with Gasteiger partial charge in [-0.25, -0.2) is 0 Å². The van der Waals surface area contributed by atoms with E-state index >= 15 is 0 Å². The van der Waals surface area contributed by atoms with Crippen LogP contribution >= 0.6 is 0 Å². The standard InChI is InChI=1S/C14H28N2O/c1-5-10-16(12(3)4)13(17)14(6-2)8-7-9-15-11-14/h12,15H,5-11H2,1-4H3. The van der Waals surface area contributed by atoms with E-state index in [1.165, 1.54) is 0 Å². The van der Waals surface area contributed by atoms with E-state index in [4.69, 9.17) is 0 Å². The van der Waals surface area contributed by atoms with Gasteiger partial charge in [-0.1, -0.05) is 13.8 Å². The van der Waals surface area contributed by atoms with Crippen LogP contribution in [0.1, 0.15) is 53.4 Å². The molecule has 1 aliphatic heterocycles. The second-order valence-electron chi connectivity index (χ2n) is 5.51. The van der Waals surface area contributed by atoms with E-state index in [-0.39, 0.29) is 5.41 Å². The van der Waals surface area contributed by atoms with Crippen LogP contribution < -0.4 is 5.32 Å². The number of piperidine rings is 1. The fourth-order valence-electron chi connectivity index (χ4n) is 2.74. The van der Waals surface area contributed by atoms with Gasteiger partial charge in [-0.3, -0.25) is 4.79 Å². The summed E-state index contributed by atoms with van der Waals surface area (Å²) in [7, 11) is 0. The minimum Gasteiger partial charge on any atom is -0.340 e. The van der Waals surface area contributed by atoms with Gasteiger partial charge in [0.1, 0.15) is 0 Å². The van der Waals surface area contributed by atoms with Gasteiger partial charge >= 0.3 is 0 Å². The normalized spacial score (nSPS) is 25.0. The Morgan fingerprint density at radius 2 is 2.12 bits per heavy atom. The number of nitrogens with zero attached hydrogens (tertiary/aromatic N) is 1. The smallest absolute Gasteiger partial charge is 0.230 e. The molecule has 0 saturated carbocycles. The van der Waals surface area contributed by atoms with Gasteiger partial charge < -0.3 is 10.2 Å². The summed E-state index contributed by atoms with van der Waals surface area (Å²) in [6.45, 7) is 11.3. The first-order chi connectivity index (χ1) is 8.07. The summed E-state index contributed by atoms with van der Waals surface area (Å²) >= 11 is 0. The highest BCUT2D eigenvalue weighted by Gasteiger charge is 2.40. The van der Waals surface area contributed by atoms with E-state index in [2.05, 4.69) is 37.9 Å². The van der Waals surface area contributed by atoms with E-state index in [1.807, 2.05) is 0 Å². The van der Waals surface area contributed by atoms with Crippen LogP contribution in [0.15, 0.2) is 0 Å². The highest BCUT2D eigenvalue weighted by Crippen LogP contribution is 2.33. The summed E-state index contributed by atoms with van der Waals surface area (Å²) in [6.07, 6.45) is 4.16. The minimum atomic E-state index is -0.141. The highest BCUT2D eigenvalue weighted by atomic mass is 16.2. The highest BCUT2D eigenvalue weighted by molar-refractivity contribution is 5.83. The second kappa shape index (κ2) is 6.39. The van der Waals surface area contributed by atoms with Crippen LogP contribution in [0.3, 0.4) is 0 Å². The fourth-order valence-corrected chi connectivity index (χ4v) is 2.74. The largest absolute Gasteiger partial charge is 0.340 e. The van der Waals surface area contributed by atoms with Crippen LogP contribution in [0, 0.1) is 5.41 Å². The van der Waals surface area contributed by atoms with Crippen LogP contribution in [0.5, 0.6) is 0 Å². The zero-order chi connectivity index (χ0) is 12.9. The van der Waals surface area contributed by atoms with Gasteiger partial charge in [0.05, 0.1) is 5.41 Å². The van der Waals surface area contributed by atoms with Gasteiger partial charge in [0.25, 0.3) is 0 Å². The van der Waals surface area contributed by atoms with Crippen molar-refractivity contribution in [2.75, 3.05) is 19.6 Å². The van der Waals surface area contributed by atoms with Gasteiger partial charge in [-0.15, -0.1) is 0 Å². The molecule has 1 heterocycles. The van der Waals surface area contributed by atoms with Crippen molar-refractivity contribution in [2.24, 2.45) is 5.41 Å². The molecule has 0 radical (unpaired) electrons. The van der Waals surface area contributed by atoms with Gasteiger partial charge in [0.15, 0.2) is 0 Å². The topological polar surface area (TPSA) is 32.3 Å². The van der Waals surface area contributed by atoms with Crippen molar-refractivity contribution in [1.82, 2.24) is 10.2 Å².